The standard InChI is InChI=1S/C13H21N/c1-12-7-6-9-13(11-12)8-4-2-3-5-10-14/h6-7,9,11H,2-5,8,10,14H2,1H3. The highest BCUT2D eigenvalue weighted by atomic mass is 14.5. The lowest BCUT2D eigenvalue weighted by atomic mass is 10.0. The molecule has 0 fully saturated rings. The van der Waals surface area contributed by atoms with E-state index < -0.39 is 0 Å². The first-order valence-electron chi connectivity index (χ1n) is 5.58. The minimum Gasteiger partial charge on any atom is -0.330 e. The predicted octanol–water partition coefficient (Wildman–Crippen LogP) is 3.06. The molecule has 0 saturated carbocycles. The molecule has 1 rings (SSSR count). The van der Waals surface area contributed by atoms with E-state index >= 15 is 0 Å². The van der Waals surface area contributed by atoms with Crippen LogP contribution < -0.4 is 5.73 Å². The molecule has 1 heteroatoms. The van der Waals surface area contributed by atoms with E-state index in [0.29, 0.717) is 0 Å². The number of hydrogen-bond acceptors (Lipinski definition) is 1. The van der Waals surface area contributed by atoms with Crippen LogP contribution in [0, 0.1) is 6.92 Å². The van der Waals surface area contributed by atoms with Crippen molar-refractivity contribution in [1.82, 2.24) is 0 Å². The summed E-state index contributed by atoms with van der Waals surface area (Å²) in [6.07, 6.45) is 6.27. The summed E-state index contributed by atoms with van der Waals surface area (Å²) >= 11 is 0. The van der Waals surface area contributed by atoms with Crippen LogP contribution in [0.2, 0.25) is 0 Å². The molecule has 1 aromatic carbocycles. The Bertz CT molecular complexity index is 255. The Labute approximate surface area is 87.3 Å². The maximum Gasteiger partial charge on any atom is -0.00773 e. The third-order valence-electron chi connectivity index (χ3n) is 2.50. The predicted molar refractivity (Wildman–Crippen MR) is 62.4 cm³/mol. The Morgan fingerprint density at radius 2 is 1.86 bits per heavy atom. The molecule has 0 saturated heterocycles. The molecule has 2 N–H and O–H groups in total. The molecule has 14 heavy (non-hydrogen) atoms. The summed E-state index contributed by atoms with van der Waals surface area (Å²) in [5, 5.41) is 0. The minimum absolute atomic E-state index is 0.838. The number of rotatable bonds is 6. The molecule has 0 atom stereocenters. The van der Waals surface area contributed by atoms with Crippen molar-refractivity contribution >= 4 is 0 Å². The molecule has 1 aromatic rings. The largest absolute Gasteiger partial charge is 0.330 e. The molecule has 0 unspecified atom stereocenters. The van der Waals surface area contributed by atoms with Crippen molar-refractivity contribution < 1.29 is 0 Å². The van der Waals surface area contributed by atoms with Crippen LogP contribution in [0.25, 0.3) is 0 Å². The van der Waals surface area contributed by atoms with Crippen LogP contribution in [0.3, 0.4) is 0 Å². The van der Waals surface area contributed by atoms with Gasteiger partial charge < -0.3 is 5.73 Å². The smallest absolute Gasteiger partial charge is 0.00773 e. The van der Waals surface area contributed by atoms with E-state index in [1.165, 1.54) is 43.2 Å². The Balaban J connectivity index is 2.18. The maximum absolute atomic E-state index is 5.44. The Morgan fingerprint density at radius 1 is 1.07 bits per heavy atom. The average Bonchev–Trinajstić information content (AvgIpc) is 2.18. The third kappa shape index (κ3) is 4.43. The van der Waals surface area contributed by atoms with Crippen molar-refractivity contribution in [2.75, 3.05) is 6.54 Å². The first-order chi connectivity index (χ1) is 6.83. The SMILES string of the molecule is Cc1cccc(CCCCCCN)c1. The highest BCUT2D eigenvalue weighted by Gasteiger charge is 1.93. The molecule has 1 nitrogen and oxygen atoms in total. The monoisotopic (exact) mass is 191 g/mol. The maximum atomic E-state index is 5.44. The fourth-order valence-corrected chi connectivity index (χ4v) is 1.69. The highest BCUT2D eigenvalue weighted by Crippen LogP contribution is 2.09. The molecule has 0 aliphatic heterocycles. The average molecular weight is 191 g/mol. The molecule has 0 aliphatic carbocycles. The van der Waals surface area contributed by atoms with Gasteiger partial charge in [0.1, 0.15) is 0 Å². The lowest BCUT2D eigenvalue weighted by Gasteiger charge is -2.02. The van der Waals surface area contributed by atoms with Gasteiger partial charge in [-0.2, -0.15) is 0 Å². The molecular weight excluding hydrogens is 170 g/mol. The van der Waals surface area contributed by atoms with E-state index in [1.54, 1.807) is 0 Å². The van der Waals surface area contributed by atoms with Gasteiger partial charge in [0, 0.05) is 0 Å². The summed E-state index contributed by atoms with van der Waals surface area (Å²) in [5.74, 6) is 0. The van der Waals surface area contributed by atoms with E-state index in [0.717, 1.165) is 6.54 Å². The second-order valence-corrected chi connectivity index (χ2v) is 3.94. The van der Waals surface area contributed by atoms with Crippen LogP contribution in [0.4, 0.5) is 0 Å². The molecule has 0 amide bonds. The zero-order valence-corrected chi connectivity index (χ0v) is 9.13. The van der Waals surface area contributed by atoms with Gasteiger partial charge in [-0.15, -0.1) is 0 Å². The Morgan fingerprint density at radius 3 is 2.57 bits per heavy atom. The minimum atomic E-state index is 0.838. The van der Waals surface area contributed by atoms with Gasteiger partial charge in [-0.3, -0.25) is 0 Å². The third-order valence-corrected chi connectivity index (χ3v) is 2.50. The summed E-state index contributed by atoms with van der Waals surface area (Å²) in [4.78, 5) is 0. The fourth-order valence-electron chi connectivity index (χ4n) is 1.69. The number of nitrogens with two attached hydrogens (primary N) is 1. The van der Waals surface area contributed by atoms with Crippen molar-refractivity contribution in [3.63, 3.8) is 0 Å². The quantitative estimate of drug-likeness (QED) is 0.687. The topological polar surface area (TPSA) is 26.0 Å². The molecule has 0 aromatic heterocycles. The van der Waals surface area contributed by atoms with E-state index in [9.17, 15) is 0 Å². The second-order valence-electron chi connectivity index (χ2n) is 3.94. The van der Waals surface area contributed by atoms with Gasteiger partial charge in [-0.1, -0.05) is 42.7 Å². The van der Waals surface area contributed by atoms with Gasteiger partial charge in [-0.25, -0.2) is 0 Å². The van der Waals surface area contributed by atoms with Crippen molar-refractivity contribution in [2.24, 2.45) is 5.73 Å². The van der Waals surface area contributed by atoms with Crippen LogP contribution >= 0.6 is 0 Å². The summed E-state index contributed by atoms with van der Waals surface area (Å²) in [7, 11) is 0. The highest BCUT2D eigenvalue weighted by molar-refractivity contribution is 5.22. The van der Waals surface area contributed by atoms with Gasteiger partial charge in [0.05, 0.1) is 0 Å². The molecule has 0 spiro atoms. The van der Waals surface area contributed by atoms with Crippen LogP contribution in [0.5, 0.6) is 0 Å². The van der Waals surface area contributed by atoms with Crippen molar-refractivity contribution in [1.29, 1.82) is 0 Å². The lowest BCUT2D eigenvalue weighted by Crippen LogP contribution is -1.97. The van der Waals surface area contributed by atoms with Crippen molar-refractivity contribution in [3.05, 3.63) is 35.4 Å². The van der Waals surface area contributed by atoms with Gasteiger partial charge in [0.25, 0.3) is 0 Å². The number of hydrogen-bond donors (Lipinski definition) is 1. The summed E-state index contributed by atoms with van der Waals surface area (Å²) in [5.41, 5.74) is 8.28. The van der Waals surface area contributed by atoms with Gasteiger partial charge in [0.15, 0.2) is 0 Å². The summed E-state index contributed by atoms with van der Waals surface area (Å²) < 4.78 is 0. The van der Waals surface area contributed by atoms with E-state index in [2.05, 4.69) is 31.2 Å². The zero-order chi connectivity index (χ0) is 10.2. The van der Waals surface area contributed by atoms with Crippen LogP contribution in [0.15, 0.2) is 24.3 Å². The summed E-state index contributed by atoms with van der Waals surface area (Å²) in [6, 6.07) is 8.79. The lowest BCUT2D eigenvalue weighted by molar-refractivity contribution is 0.646. The zero-order valence-electron chi connectivity index (χ0n) is 9.13. The molecule has 0 radical (unpaired) electrons. The Hall–Kier alpha value is -0.820. The molecule has 78 valence electrons. The van der Waals surface area contributed by atoms with Gasteiger partial charge in [-0.05, 0) is 38.3 Å². The fraction of sp³-hybridized carbons (Fsp3) is 0.538. The molecular formula is C13H21N. The molecule has 0 aliphatic rings. The van der Waals surface area contributed by atoms with E-state index in [4.69, 9.17) is 5.73 Å². The van der Waals surface area contributed by atoms with Crippen LogP contribution in [-0.2, 0) is 6.42 Å². The van der Waals surface area contributed by atoms with Gasteiger partial charge >= 0.3 is 0 Å². The number of unbranched alkanes of at least 4 members (excludes halogenated alkanes) is 3. The summed E-state index contributed by atoms with van der Waals surface area (Å²) in [6.45, 7) is 2.99. The normalized spacial score (nSPS) is 10.4. The first-order valence-corrected chi connectivity index (χ1v) is 5.58. The van der Waals surface area contributed by atoms with Crippen LogP contribution in [-0.4, -0.2) is 6.54 Å². The number of aryl methyl sites for hydroxylation is 2. The van der Waals surface area contributed by atoms with Crippen LogP contribution in [0.1, 0.15) is 36.8 Å². The van der Waals surface area contributed by atoms with Crippen molar-refractivity contribution in [3.8, 4) is 0 Å². The molecule has 0 heterocycles. The van der Waals surface area contributed by atoms with Gasteiger partial charge in [0.2, 0.25) is 0 Å². The number of benzene rings is 1. The second kappa shape index (κ2) is 6.61. The first kappa shape index (κ1) is 11.3. The van der Waals surface area contributed by atoms with E-state index in [1.807, 2.05) is 0 Å². The molecule has 0 bridgehead atoms. The Kier molecular flexibility index (Phi) is 5.31. The van der Waals surface area contributed by atoms with Crippen molar-refractivity contribution in [2.45, 2.75) is 39.0 Å². The van der Waals surface area contributed by atoms with E-state index in [-0.39, 0.29) is 0 Å².